The summed E-state index contributed by atoms with van der Waals surface area (Å²) < 4.78 is 2.96. The third kappa shape index (κ3) is 3.39. The lowest BCUT2D eigenvalue weighted by molar-refractivity contribution is 0.354. The molecule has 4 heterocycles. The lowest BCUT2D eigenvalue weighted by atomic mass is 9.67. The van der Waals surface area contributed by atoms with Gasteiger partial charge in [-0.15, -0.1) is 45.3 Å². The molecule has 42 heavy (non-hydrogen) atoms. The van der Waals surface area contributed by atoms with E-state index in [1.807, 2.05) is 47.0 Å². The van der Waals surface area contributed by atoms with Gasteiger partial charge in [0.05, 0.1) is 19.2 Å². The molecule has 2 fully saturated rings. The van der Waals surface area contributed by atoms with Crippen molar-refractivity contribution in [1.82, 2.24) is 0 Å². The van der Waals surface area contributed by atoms with Crippen LogP contribution in [0.2, 0.25) is 0 Å². The fraction of sp³-hybridized carbons (Fsp3) is 0.353. The number of hydrogen-bond donors (Lipinski definition) is 0. The molecule has 0 N–H and O–H groups in total. The standard InChI is InChI=1S/C34H24N4S4/c35-15-19(16-36)11-21-13-23-27(39-21)29-25(33(23)7-3-1-4-8-33)31-32(41-29)26-30(42-31)28-24(34(26)9-5-2-6-10-34)14-22(40-28)12-20(17-37)18-38/h11-14H,1-10H2. The molecular formula is C34H24N4S4. The largest absolute Gasteiger partial charge is 0.192 e. The Morgan fingerprint density at radius 2 is 0.929 bits per heavy atom. The summed E-state index contributed by atoms with van der Waals surface area (Å²) in [5.74, 6) is 0. The van der Waals surface area contributed by atoms with Gasteiger partial charge in [0.25, 0.3) is 0 Å². The number of nitrogens with zero attached hydrogens (tertiary/aromatic N) is 4. The van der Waals surface area contributed by atoms with Gasteiger partial charge in [-0.25, -0.2) is 0 Å². The van der Waals surface area contributed by atoms with Crippen LogP contribution < -0.4 is 0 Å². The maximum absolute atomic E-state index is 9.39. The van der Waals surface area contributed by atoms with E-state index in [1.165, 1.54) is 78.6 Å². The van der Waals surface area contributed by atoms with Gasteiger partial charge in [0, 0.05) is 41.5 Å². The van der Waals surface area contributed by atoms with Gasteiger partial charge < -0.3 is 0 Å². The normalized spacial score (nSPS) is 18.3. The minimum Gasteiger partial charge on any atom is -0.192 e. The summed E-state index contributed by atoms with van der Waals surface area (Å²) in [7, 11) is 0. The zero-order chi connectivity index (χ0) is 28.6. The van der Waals surface area contributed by atoms with Crippen molar-refractivity contribution in [3.05, 3.63) is 55.3 Å². The summed E-state index contributed by atoms with van der Waals surface area (Å²) in [6, 6.07) is 12.7. The highest BCUT2D eigenvalue weighted by Crippen LogP contribution is 2.69. The fourth-order valence-electron chi connectivity index (χ4n) is 8.22. The van der Waals surface area contributed by atoms with Crippen molar-refractivity contribution in [2.75, 3.05) is 0 Å². The highest BCUT2D eigenvalue weighted by atomic mass is 32.1. The number of allylic oxidation sites excluding steroid dienone is 2. The van der Waals surface area contributed by atoms with Gasteiger partial charge in [-0.3, -0.25) is 0 Å². The first-order valence-corrected chi connectivity index (χ1v) is 17.8. The molecule has 4 aliphatic rings. The molecule has 0 atom stereocenters. The molecule has 4 aromatic rings. The summed E-state index contributed by atoms with van der Waals surface area (Å²) in [6.45, 7) is 0. The molecule has 0 amide bonds. The Labute approximate surface area is 260 Å². The zero-order valence-corrected chi connectivity index (χ0v) is 26.1. The third-order valence-corrected chi connectivity index (χ3v) is 14.9. The van der Waals surface area contributed by atoms with E-state index in [4.69, 9.17) is 0 Å². The molecule has 4 aliphatic carbocycles. The molecule has 0 radical (unpaired) electrons. The second-order valence-electron chi connectivity index (χ2n) is 11.9. The minimum atomic E-state index is 0.0161. The van der Waals surface area contributed by atoms with E-state index in [2.05, 4.69) is 12.1 Å². The van der Waals surface area contributed by atoms with Crippen LogP contribution in [0.3, 0.4) is 0 Å². The number of hydrogen-bond acceptors (Lipinski definition) is 8. The average molecular weight is 617 g/mol. The molecule has 0 unspecified atom stereocenters. The first kappa shape index (κ1) is 26.2. The maximum Gasteiger partial charge on any atom is 0.131 e. The second kappa shape index (κ2) is 9.50. The topological polar surface area (TPSA) is 95.2 Å². The fourth-order valence-corrected chi connectivity index (χ4v) is 14.2. The molecule has 4 aromatic heterocycles. The van der Waals surface area contributed by atoms with E-state index in [0.717, 1.165) is 35.4 Å². The van der Waals surface area contributed by atoms with Crippen LogP contribution in [-0.4, -0.2) is 0 Å². The van der Waals surface area contributed by atoms with Crippen LogP contribution >= 0.6 is 45.3 Å². The Kier molecular flexibility index (Phi) is 5.92. The number of nitriles is 4. The van der Waals surface area contributed by atoms with Gasteiger partial charge in [0.15, 0.2) is 0 Å². The van der Waals surface area contributed by atoms with Crippen LogP contribution in [0, 0.1) is 45.3 Å². The SMILES string of the molecule is N#CC(C#N)=Cc1cc2c(s1)-c1sc3c4c(sc3c1C21CCCCC1)-c1sc(C=C(C#N)C#N)cc1C41CCCCC1. The zero-order valence-electron chi connectivity index (χ0n) is 22.8. The van der Waals surface area contributed by atoms with E-state index in [-0.39, 0.29) is 22.0 Å². The Bertz CT molecular complexity index is 1870. The van der Waals surface area contributed by atoms with Crippen LogP contribution in [0.1, 0.15) is 96.2 Å². The van der Waals surface area contributed by atoms with Gasteiger partial charge in [-0.05, 0) is 61.1 Å². The van der Waals surface area contributed by atoms with E-state index >= 15 is 0 Å². The van der Waals surface area contributed by atoms with Gasteiger partial charge >= 0.3 is 0 Å². The van der Waals surface area contributed by atoms with Crippen molar-refractivity contribution >= 4 is 66.9 Å². The van der Waals surface area contributed by atoms with Gasteiger partial charge in [-0.1, -0.05) is 38.5 Å². The smallest absolute Gasteiger partial charge is 0.131 e. The first-order valence-electron chi connectivity index (χ1n) is 14.5. The quantitative estimate of drug-likeness (QED) is 0.209. The van der Waals surface area contributed by atoms with Gasteiger partial charge in [0.1, 0.15) is 35.4 Å². The molecule has 0 aromatic carbocycles. The Morgan fingerprint density at radius 3 is 1.29 bits per heavy atom. The molecule has 0 bridgehead atoms. The van der Waals surface area contributed by atoms with Crippen molar-refractivity contribution in [1.29, 1.82) is 21.0 Å². The number of thiophene rings is 4. The molecule has 2 saturated carbocycles. The van der Waals surface area contributed by atoms with Crippen LogP contribution in [0.4, 0.5) is 0 Å². The summed E-state index contributed by atoms with van der Waals surface area (Å²) in [5, 5.41) is 37.6. The highest BCUT2D eigenvalue weighted by Gasteiger charge is 2.52. The first-order chi connectivity index (χ1) is 20.6. The Morgan fingerprint density at radius 1 is 0.548 bits per heavy atom. The van der Waals surface area contributed by atoms with Crippen LogP contribution in [-0.2, 0) is 10.8 Å². The molecule has 4 nitrogen and oxygen atoms in total. The Balaban J connectivity index is 1.37. The molecule has 0 aliphatic heterocycles. The number of fused-ring (bicyclic) bond motifs is 13. The van der Waals surface area contributed by atoms with Crippen molar-refractivity contribution in [3.63, 3.8) is 0 Å². The van der Waals surface area contributed by atoms with Crippen molar-refractivity contribution in [3.8, 4) is 43.8 Å². The molecule has 8 rings (SSSR count). The van der Waals surface area contributed by atoms with Crippen molar-refractivity contribution in [2.45, 2.75) is 75.0 Å². The van der Waals surface area contributed by atoms with E-state index in [0.29, 0.717) is 0 Å². The molecule has 204 valence electrons. The predicted octanol–water partition coefficient (Wildman–Crippen LogP) is 10.4. The van der Waals surface area contributed by atoms with Crippen molar-refractivity contribution < 1.29 is 0 Å². The lowest BCUT2D eigenvalue weighted by Crippen LogP contribution is -2.28. The van der Waals surface area contributed by atoms with E-state index < -0.39 is 0 Å². The minimum absolute atomic E-state index is 0.0161. The monoisotopic (exact) mass is 616 g/mol. The van der Waals surface area contributed by atoms with Crippen LogP contribution in [0.15, 0.2) is 23.3 Å². The summed E-state index contributed by atoms with van der Waals surface area (Å²) in [6.07, 6.45) is 15.6. The summed E-state index contributed by atoms with van der Waals surface area (Å²) in [4.78, 5) is 7.58. The Hall–Kier alpha value is -3.50. The third-order valence-electron chi connectivity index (χ3n) is 9.89. The van der Waals surface area contributed by atoms with Crippen molar-refractivity contribution in [2.24, 2.45) is 0 Å². The lowest BCUT2D eigenvalue weighted by Gasteiger charge is -2.35. The van der Waals surface area contributed by atoms with E-state index in [9.17, 15) is 21.0 Å². The average Bonchev–Trinajstić information content (AvgIpc) is 3.84. The molecule has 0 saturated heterocycles. The maximum atomic E-state index is 9.39. The number of rotatable bonds is 2. The van der Waals surface area contributed by atoms with E-state index in [1.54, 1.807) is 46.0 Å². The molecule has 8 heteroatoms. The van der Waals surface area contributed by atoms with Gasteiger partial charge in [0.2, 0.25) is 0 Å². The van der Waals surface area contributed by atoms with Crippen LogP contribution in [0.5, 0.6) is 0 Å². The summed E-state index contributed by atoms with van der Waals surface area (Å²) >= 11 is 7.49. The predicted molar refractivity (Wildman–Crippen MR) is 172 cm³/mol. The van der Waals surface area contributed by atoms with Crippen LogP contribution in [0.25, 0.3) is 41.1 Å². The van der Waals surface area contributed by atoms with Gasteiger partial charge in [-0.2, -0.15) is 21.0 Å². The molecule has 2 spiro atoms. The highest BCUT2D eigenvalue weighted by molar-refractivity contribution is 7.34. The molecular weight excluding hydrogens is 593 g/mol. The second-order valence-corrected chi connectivity index (χ2v) is 16.1. The summed E-state index contributed by atoms with van der Waals surface area (Å²) in [5.41, 5.74) is 6.30.